The molecule has 4 aromatic rings. The number of carbonyl (C=O) groups is 1. The summed E-state index contributed by atoms with van der Waals surface area (Å²) in [6.07, 6.45) is 2.52. The van der Waals surface area contributed by atoms with Crippen molar-refractivity contribution in [1.82, 2.24) is 13.5 Å². The molecule has 0 bridgehead atoms. The smallest absolute Gasteiger partial charge is 0.332 e. The second kappa shape index (κ2) is 10.0. The van der Waals surface area contributed by atoms with Gasteiger partial charge in [0.25, 0.3) is 5.56 Å². The molecule has 8 nitrogen and oxygen atoms in total. The Bertz CT molecular complexity index is 1530. The second-order valence-electron chi connectivity index (χ2n) is 8.86. The number of hydrogen-bond acceptors (Lipinski definition) is 6. The summed E-state index contributed by atoms with van der Waals surface area (Å²) in [5.41, 5.74) is 2.04. The molecule has 0 unspecified atom stereocenters. The highest BCUT2D eigenvalue weighted by molar-refractivity contribution is 7.13. The van der Waals surface area contributed by atoms with Crippen molar-refractivity contribution in [3.63, 3.8) is 0 Å². The molecule has 0 saturated carbocycles. The number of aryl methyl sites for hydroxylation is 2. The van der Waals surface area contributed by atoms with Crippen LogP contribution in [-0.4, -0.2) is 31.7 Å². The Balaban J connectivity index is 1.97. The molecule has 1 atom stereocenters. The summed E-state index contributed by atoms with van der Waals surface area (Å²) in [4.78, 5) is 39.4. The molecule has 2 heterocycles. The molecule has 0 amide bonds. The molecule has 2 aromatic heterocycles. The normalized spacial score (nSPS) is 12.3. The molecular weight excluding hydrogens is 466 g/mol. The van der Waals surface area contributed by atoms with Crippen LogP contribution in [-0.2, 0) is 11.3 Å². The number of ether oxygens (including phenoxy) is 1. The molecule has 9 heteroatoms. The number of aliphatic carboxylic acids is 1. The van der Waals surface area contributed by atoms with Gasteiger partial charge >= 0.3 is 11.7 Å². The fourth-order valence-corrected chi connectivity index (χ4v) is 5.62. The SMILES string of the molecule is CCCCC[C@@H](C(=O)O)n1c(=O)c2cc(OC)ccc2n(Cc2nsc3cc(C)cc(C)c23)c1=O. The van der Waals surface area contributed by atoms with Crippen LogP contribution < -0.4 is 16.0 Å². The monoisotopic (exact) mass is 495 g/mol. The van der Waals surface area contributed by atoms with Gasteiger partial charge in [-0.2, -0.15) is 4.37 Å². The average Bonchev–Trinajstić information content (AvgIpc) is 3.23. The van der Waals surface area contributed by atoms with Gasteiger partial charge in [-0.15, -0.1) is 0 Å². The first-order valence-corrected chi connectivity index (χ1v) is 12.5. The van der Waals surface area contributed by atoms with Gasteiger partial charge in [-0.25, -0.2) is 14.2 Å². The molecule has 0 spiro atoms. The van der Waals surface area contributed by atoms with Crippen LogP contribution in [0.4, 0.5) is 0 Å². The van der Waals surface area contributed by atoms with Crippen molar-refractivity contribution in [2.45, 2.75) is 59.0 Å². The van der Waals surface area contributed by atoms with Crippen molar-refractivity contribution in [2.75, 3.05) is 7.11 Å². The van der Waals surface area contributed by atoms with Gasteiger partial charge in [-0.05, 0) is 67.2 Å². The fourth-order valence-electron chi connectivity index (χ4n) is 4.65. The third-order valence-corrected chi connectivity index (χ3v) is 7.18. The van der Waals surface area contributed by atoms with E-state index in [2.05, 4.69) is 16.5 Å². The van der Waals surface area contributed by atoms with Gasteiger partial charge in [0.1, 0.15) is 11.8 Å². The molecule has 0 radical (unpaired) electrons. The van der Waals surface area contributed by atoms with Crippen LogP contribution in [0, 0.1) is 13.8 Å². The lowest BCUT2D eigenvalue weighted by atomic mass is 10.1. The van der Waals surface area contributed by atoms with Crippen LogP contribution in [0.5, 0.6) is 5.75 Å². The third-order valence-electron chi connectivity index (χ3n) is 6.35. The molecule has 2 aromatic carbocycles. The first-order valence-electron chi connectivity index (χ1n) is 11.7. The lowest BCUT2D eigenvalue weighted by Gasteiger charge is -2.19. The maximum atomic E-state index is 13.7. The molecule has 0 saturated heterocycles. The Labute approximate surface area is 206 Å². The van der Waals surface area contributed by atoms with Crippen molar-refractivity contribution in [3.8, 4) is 5.75 Å². The number of carboxylic acid groups (broad SMARTS) is 1. The zero-order chi connectivity index (χ0) is 25.3. The minimum atomic E-state index is -1.25. The van der Waals surface area contributed by atoms with Crippen molar-refractivity contribution in [3.05, 3.63) is 68.0 Å². The summed E-state index contributed by atoms with van der Waals surface area (Å²) < 4.78 is 13.3. The van der Waals surface area contributed by atoms with Gasteiger partial charge in [0.2, 0.25) is 0 Å². The largest absolute Gasteiger partial charge is 0.497 e. The average molecular weight is 496 g/mol. The highest BCUT2D eigenvalue weighted by Gasteiger charge is 2.26. The number of fused-ring (bicyclic) bond motifs is 2. The maximum Gasteiger partial charge on any atom is 0.332 e. The predicted octanol–water partition coefficient (Wildman–Crippen LogP) is 4.65. The molecule has 0 aliphatic heterocycles. The van der Waals surface area contributed by atoms with Crippen molar-refractivity contribution in [1.29, 1.82) is 0 Å². The number of methoxy groups -OCH3 is 1. The zero-order valence-corrected chi connectivity index (χ0v) is 21.1. The van der Waals surface area contributed by atoms with Crippen molar-refractivity contribution < 1.29 is 14.6 Å². The number of benzene rings is 2. The standard InChI is InChI=1S/C26H29N3O5S/c1-5-6-7-8-21(25(31)32)29-24(30)18-13-17(34-4)9-10-20(18)28(26(29)33)14-19-23-16(3)11-15(2)12-22(23)35-27-19/h9-13,21H,5-8,14H2,1-4H3,(H,31,32)/t21-/m0/s1. The number of aromatic nitrogens is 3. The van der Waals surface area contributed by atoms with E-state index in [0.717, 1.165) is 38.6 Å². The lowest BCUT2D eigenvalue weighted by Crippen LogP contribution is -2.44. The van der Waals surface area contributed by atoms with Crippen molar-refractivity contribution in [2.24, 2.45) is 0 Å². The number of carboxylic acids is 1. The van der Waals surface area contributed by atoms with E-state index in [-0.39, 0.29) is 18.4 Å². The first-order chi connectivity index (χ1) is 16.8. The van der Waals surface area contributed by atoms with Gasteiger partial charge in [0.05, 0.1) is 35.0 Å². The van der Waals surface area contributed by atoms with E-state index >= 15 is 0 Å². The van der Waals surface area contributed by atoms with Crippen molar-refractivity contribution >= 4 is 38.5 Å². The highest BCUT2D eigenvalue weighted by Crippen LogP contribution is 2.29. The topological polar surface area (TPSA) is 103 Å². The van der Waals surface area contributed by atoms with E-state index in [4.69, 9.17) is 4.74 Å². The quantitative estimate of drug-likeness (QED) is 0.339. The predicted molar refractivity (Wildman–Crippen MR) is 138 cm³/mol. The van der Waals surface area contributed by atoms with Gasteiger partial charge < -0.3 is 9.84 Å². The maximum absolute atomic E-state index is 13.7. The molecule has 0 aliphatic carbocycles. The van der Waals surface area contributed by atoms with Gasteiger partial charge in [0, 0.05) is 5.39 Å². The summed E-state index contributed by atoms with van der Waals surface area (Å²) in [6.45, 7) is 6.16. The zero-order valence-electron chi connectivity index (χ0n) is 20.3. The van der Waals surface area contributed by atoms with E-state index in [1.165, 1.54) is 23.2 Å². The Morgan fingerprint density at radius 2 is 1.94 bits per heavy atom. The molecule has 0 aliphatic rings. The second-order valence-corrected chi connectivity index (χ2v) is 9.67. The van der Waals surface area contributed by atoms with Crippen LogP contribution in [0.3, 0.4) is 0 Å². The van der Waals surface area contributed by atoms with Crippen LogP contribution in [0.2, 0.25) is 0 Å². The molecule has 4 rings (SSSR count). The fraction of sp³-hybridized carbons (Fsp3) is 0.385. The van der Waals surface area contributed by atoms with Crippen LogP contribution in [0.15, 0.2) is 39.9 Å². The third kappa shape index (κ3) is 4.60. The lowest BCUT2D eigenvalue weighted by molar-refractivity contribution is -0.141. The van der Waals surface area contributed by atoms with E-state index in [9.17, 15) is 19.5 Å². The van der Waals surface area contributed by atoms with Crippen LogP contribution >= 0.6 is 11.5 Å². The van der Waals surface area contributed by atoms with Crippen LogP contribution in [0.25, 0.3) is 21.0 Å². The molecule has 184 valence electrons. The first kappa shape index (κ1) is 24.7. The molecular formula is C26H29N3O5S. The Kier molecular flexibility index (Phi) is 7.07. The summed E-state index contributed by atoms with van der Waals surface area (Å²) in [5.74, 6) is -0.742. The van der Waals surface area contributed by atoms with Crippen LogP contribution in [0.1, 0.15) is 55.5 Å². The Hall–Kier alpha value is -3.46. The Morgan fingerprint density at radius 1 is 1.17 bits per heavy atom. The molecule has 35 heavy (non-hydrogen) atoms. The number of rotatable bonds is 9. The highest BCUT2D eigenvalue weighted by atomic mass is 32.1. The summed E-state index contributed by atoms with van der Waals surface area (Å²) in [7, 11) is 1.49. The van der Waals surface area contributed by atoms with Gasteiger partial charge in [-0.1, -0.05) is 32.3 Å². The Morgan fingerprint density at radius 3 is 2.63 bits per heavy atom. The minimum Gasteiger partial charge on any atom is -0.497 e. The van der Waals surface area contributed by atoms with E-state index in [0.29, 0.717) is 23.4 Å². The van der Waals surface area contributed by atoms with E-state index in [1.54, 1.807) is 18.2 Å². The molecule has 1 N–H and O–H groups in total. The summed E-state index contributed by atoms with van der Waals surface area (Å²) in [5, 5.41) is 11.2. The van der Waals surface area contributed by atoms with E-state index in [1.807, 2.05) is 20.8 Å². The van der Waals surface area contributed by atoms with Gasteiger partial charge in [0.15, 0.2) is 0 Å². The number of nitrogens with zero attached hydrogens (tertiary/aromatic N) is 3. The van der Waals surface area contributed by atoms with E-state index < -0.39 is 23.3 Å². The summed E-state index contributed by atoms with van der Waals surface area (Å²) >= 11 is 1.36. The van der Waals surface area contributed by atoms with Gasteiger partial charge in [-0.3, -0.25) is 9.36 Å². The summed E-state index contributed by atoms with van der Waals surface area (Å²) in [6, 6.07) is 7.79. The number of unbranched alkanes of at least 4 members (excludes halogenated alkanes) is 2. The molecule has 0 fully saturated rings. The number of hydrogen-bond donors (Lipinski definition) is 1. The minimum absolute atomic E-state index is 0.118.